The number of amides is 2. The SMILES string of the molecule is COc1cccc(C(=O)Nc2cccc(SC(C)C(=O)Nc3nc4ccc(C)cc4s3)c2)c1. The zero-order valence-electron chi connectivity index (χ0n) is 18.4. The Morgan fingerprint density at radius 2 is 1.85 bits per heavy atom. The number of rotatable bonds is 7. The number of aryl methyl sites for hydroxylation is 1. The molecule has 8 heteroatoms. The molecule has 0 aliphatic carbocycles. The van der Waals surface area contributed by atoms with Gasteiger partial charge in [0.2, 0.25) is 5.91 Å². The molecule has 0 aliphatic heterocycles. The van der Waals surface area contributed by atoms with E-state index in [0.29, 0.717) is 22.1 Å². The topological polar surface area (TPSA) is 80.3 Å². The van der Waals surface area contributed by atoms with Crippen molar-refractivity contribution in [2.24, 2.45) is 0 Å². The van der Waals surface area contributed by atoms with Crippen molar-refractivity contribution >= 4 is 55.9 Å². The van der Waals surface area contributed by atoms with Gasteiger partial charge in [0.25, 0.3) is 5.91 Å². The molecule has 6 nitrogen and oxygen atoms in total. The molecule has 0 aliphatic rings. The Kier molecular flexibility index (Phi) is 6.96. The summed E-state index contributed by atoms with van der Waals surface area (Å²) in [6, 6.07) is 20.4. The van der Waals surface area contributed by atoms with Crippen LogP contribution in [0.15, 0.2) is 71.6 Å². The van der Waals surface area contributed by atoms with Gasteiger partial charge in [-0.05, 0) is 67.9 Å². The van der Waals surface area contributed by atoms with E-state index >= 15 is 0 Å². The van der Waals surface area contributed by atoms with Gasteiger partial charge in [-0.25, -0.2) is 4.98 Å². The summed E-state index contributed by atoms with van der Waals surface area (Å²) in [7, 11) is 1.56. The molecule has 1 unspecified atom stereocenters. The van der Waals surface area contributed by atoms with E-state index in [0.717, 1.165) is 20.7 Å². The number of nitrogens with one attached hydrogen (secondary N) is 2. The fraction of sp³-hybridized carbons (Fsp3) is 0.160. The van der Waals surface area contributed by atoms with E-state index in [1.54, 1.807) is 31.4 Å². The molecule has 0 radical (unpaired) electrons. The Bertz CT molecular complexity index is 1320. The van der Waals surface area contributed by atoms with Crippen molar-refractivity contribution in [3.05, 3.63) is 77.9 Å². The lowest BCUT2D eigenvalue weighted by Gasteiger charge is -2.12. The third-order valence-corrected chi connectivity index (χ3v) is 6.91. The molecule has 0 saturated carbocycles. The van der Waals surface area contributed by atoms with Crippen LogP contribution in [0.2, 0.25) is 0 Å². The van der Waals surface area contributed by atoms with Gasteiger partial charge in [-0.2, -0.15) is 0 Å². The van der Waals surface area contributed by atoms with Crippen LogP contribution < -0.4 is 15.4 Å². The minimum absolute atomic E-state index is 0.124. The summed E-state index contributed by atoms with van der Waals surface area (Å²) in [4.78, 5) is 30.7. The average molecular weight is 478 g/mol. The molecule has 1 aromatic heterocycles. The largest absolute Gasteiger partial charge is 0.497 e. The molecule has 0 saturated heterocycles. The minimum atomic E-state index is -0.344. The molecular weight excluding hydrogens is 454 g/mol. The van der Waals surface area contributed by atoms with Crippen LogP contribution in [0, 0.1) is 6.92 Å². The van der Waals surface area contributed by atoms with E-state index in [4.69, 9.17) is 4.74 Å². The van der Waals surface area contributed by atoms with Crippen LogP contribution in [0.4, 0.5) is 10.8 Å². The van der Waals surface area contributed by atoms with Crippen molar-refractivity contribution < 1.29 is 14.3 Å². The highest BCUT2D eigenvalue weighted by Crippen LogP contribution is 2.30. The Hall–Kier alpha value is -3.36. The predicted octanol–water partition coefficient (Wildman–Crippen LogP) is 5.98. The number of hydrogen-bond donors (Lipinski definition) is 2. The quantitative estimate of drug-likeness (QED) is 0.320. The van der Waals surface area contributed by atoms with Crippen LogP contribution >= 0.6 is 23.1 Å². The van der Waals surface area contributed by atoms with E-state index in [-0.39, 0.29) is 17.1 Å². The number of thioether (sulfide) groups is 1. The molecule has 1 atom stereocenters. The second-order valence-corrected chi connectivity index (χ2v) is 9.90. The molecule has 0 spiro atoms. The van der Waals surface area contributed by atoms with E-state index in [1.165, 1.54) is 23.1 Å². The maximum atomic E-state index is 12.7. The molecule has 2 amide bonds. The van der Waals surface area contributed by atoms with Gasteiger partial charge in [-0.3, -0.25) is 9.59 Å². The van der Waals surface area contributed by atoms with Crippen LogP contribution in [0.5, 0.6) is 5.75 Å². The van der Waals surface area contributed by atoms with Gasteiger partial charge in [0.05, 0.1) is 22.6 Å². The van der Waals surface area contributed by atoms with Crippen molar-refractivity contribution in [1.82, 2.24) is 4.98 Å². The molecule has 168 valence electrons. The molecule has 3 aromatic carbocycles. The number of ether oxygens (including phenoxy) is 1. The van der Waals surface area contributed by atoms with E-state index in [9.17, 15) is 9.59 Å². The minimum Gasteiger partial charge on any atom is -0.497 e. The molecule has 33 heavy (non-hydrogen) atoms. The van der Waals surface area contributed by atoms with Crippen molar-refractivity contribution in [2.75, 3.05) is 17.7 Å². The Morgan fingerprint density at radius 1 is 1.03 bits per heavy atom. The molecule has 2 N–H and O–H groups in total. The molecule has 0 bridgehead atoms. The number of benzene rings is 3. The maximum absolute atomic E-state index is 12.7. The number of carbonyl (C=O) groups excluding carboxylic acids is 2. The summed E-state index contributed by atoms with van der Waals surface area (Å²) in [6.45, 7) is 3.88. The fourth-order valence-corrected chi connectivity index (χ4v) is 5.06. The van der Waals surface area contributed by atoms with Gasteiger partial charge in [-0.15, -0.1) is 11.8 Å². The number of fused-ring (bicyclic) bond motifs is 1. The summed E-state index contributed by atoms with van der Waals surface area (Å²) in [5.74, 6) is 0.268. The zero-order chi connectivity index (χ0) is 23.4. The van der Waals surface area contributed by atoms with E-state index in [2.05, 4.69) is 21.7 Å². The Morgan fingerprint density at radius 3 is 2.67 bits per heavy atom. The number of thiazole rings is 1. The second kappa shape index (κ2) is 10.1. The van der Waals surface area contributed by atoms with Crippen molar-refractivity contribution in [3.63, 3.8) is 0 Å². The molecule has 1 heterocycles. The third-order valence-electron chi connectivity index (χ3n) is 4.88. The third kappa shape index (κ3) is 5.71. The van der Waals surface area contributed by atoms with Gasteiger partial charge in [0.15, 0.2) is 5.13 Å². The zero-order valence-corrected chi connectivity index (χ0v) is 20.0. The average Bonchev–Trinajstić information content (AvgIpc) is 3.20. The van der Waals surface area contributed by atoms with Crippen LogP contribution in [-0.2, 0) is 4.79 Å². The molecule has 4 rings (SSSR count). The summed E-state index contributed by atoms with van der Waals surface area (Å²) in [6.07, 6.45) is 0. The highest BCUT2D eigenvalue weighted by atomic mass is 32.2. The first-order chi connectivity index (χ1) is 15.9. The summed E-state index contributed by atoms with van der Waals surface area (Å²) >= 11 is 2.88. The number of hydrogen-bond acceptors (Lipinski definition) is 6. The van der Waals surface area contributed by atoms with Gasteiger partial charge in [-0.1, -0.05) is 29.5 Å². The highest BCUT2D eigenvalue weighted by molar-refractivity contribution is 8.00. The normalized spacial score (nSPS) is 11.7. The first kappa shape index (κ1) is 22.8. The Balaban J connectivity index is 1.39. The van der Waals surface area contributed by atoms with Crippen molar-refractivity contribution in [3.8, 4) is 5.75 Å². The molecule has 0 fully saturated rings. The first-order valence-electron chi connectivity index (χ1n) is 10.3. The number of nitrogens with zero attached hydrogens (tertiary/aromatic N) is 1. The standard InChI is InChI=1S/C25H23N3O3S2/c1-15-10-11-21-22(12-15)33-25(27-21)28-23(29)16(2)32-20-9-5-7-18(14-20)26-24(30)17-6-4-8-19(13-17)31-3/h4-14,16H,1-3H3,(H,26,30)(H,27,28,29). The highest BCUT2D eigenvalue weighted by Gasteiger charge is 2.17. The number of aromatic nitrogens is 1. The monoisotopic (exact) mass is 477 g/mol. The maximum Gasteiger partial charge on any atom is 0.255 e. The second-order valence-electron chi connectivity index (χ2n) is 7.45. The van der Waals surface area contributed by atoms with Gasteiger partial charge < -0.3 is 15.4 Å². The number of anilines is 2. The van der Waals surface area contributed by atoms with E-state index < -0.39 is 0 Å². The van der Waals surface area contributed by atoms with Gasteiger partial charge >= 0.3 is 0 Å². The van der Waals surface area contributed by atoms with Crippen molar-refractivity contribution in [1.29, 1.82) is 0 Å². The van der Waals surface area contributed by atoms with Gasteiger partial charge in [0.1, 0.15) is 5.75 Å². The summed E-state index contributed by atoms with van der Waals surface area (Å²) < 4.78 is 6.23. The van der Waals surface area contributed by atoms with Gasteiger partial charge in [0, 0.05) is 16.1 Å². The van der Waals surface area contributed by atoms with E-state index in [1.807, 2.05) is 50.2 Å². The summed E-state index contributed by atoms with van der Waals surface area (Å²) in [5, 5.41) is 6.06. The molecular formula is C25H23N3O3S2. The lowest BCUT2D eigenvalue weighted by molar-refractivity contribution is -0.115. The predicted molar refractivity (Wildman–Crippen MR) is 136 cm³/mol. The van der Waals surface area contributed by atoms with Crippen LogP contribution in [0.3, 0.4) is 0 Å². The van der Waals surface area contributed by atoms with Crippen molar-refractivity contribution in [2.45, 2.75) is 24.0 Å². The smallest absolute Gasteiger partial charge is 0.255 e. The van der Waals surface area contributed by atoms with Crippen LogP contribution in [-0.4, -0.2) is 29.2 Å². The Labute approximate surface area is 200 Å². The lowest BCUT2D eigenvalue weighted by atomic mass is 10.2. The first-order valence-corrected chi connectivity index (χ1v) is 12.0. The number of carbonyl (C=O) groups is 2. The lowest BCUT2D eigenvalue weighted by Crippen LogP contribution is -2.22. The number of methoxy groups -OCH3 is 1. The summed E-state index contributed by atoms with van der Waals surface area (Å²) in [5.41, 5.74) is 3.19. The fourth-order valence-electron chi connectivity index (χ4n) is 3.16. The van der Waals surface area contributed by atoms with Crippen LogP contribution in [0.1, 0.15) is 22.8 Å². The van der Waals surface area contributed by atoms with Crippen LogP contribution in [0.25, 0.3) is 10.2 Å². The molecule has 4 aromatic rings.